The zero-order valence-corrected chi connectivity index (χ0v) is 6.95. The molecule has 0 heterocycles. The minimum absolute atomic E-state index is 2.28. The van der Waals surface area contributed by atoms with Gasteiger partial charge in [0.05, 0.1) is 0 Å². The topological polar surface area (TPSA) is 18.5 Å². The molecule has 0 fully saturated rings. The van der Waals surface area contributed by atoms with Crippen LogP contribution in [0.5, 0.6) is 0 Å². The summed E-state index contributed by atoms with van der Waals surface area (Å²) in [6.07, 6.45) is -23.6. The molecular formula is C5H3F9O2. The average molecular weight is 266 g/mol. The van der Waals surface area contributed by atoms with Crippen LogP contribution in [0.2, 0.25) is 0 Å². The third-order valence-corrected chi connectivity index (χ3v) is 0.976. The number of halogens is 9. The van der Waals surface area contributed by atoms with Gasteiger partial charge in [0.25, 0.3) is 12.7 Å². The minimum Gasteiger partial charge on any atom is -0.275 e. The van der Waals surface area contributed by atoms with E-state index in [4.69, 9.17) is 0 Å². The lowest BCUT2D eigenvalue weighted by atomic mass is 10.6. The van der Waals surface area contributed by atoms with Crippen molar-refractivity contribution >= 4 is 0 Å². The molecule has 0 aliphatic heterocycles. The van der Waals surface area contributed by atoms with Crippen LogP contribution in [0.25, 0.3) is 0 Å². The Morgan fingerprint density at radius 3 is 1.38 bits per heavy atom. The number of alkyl halides is 9. The van der Waals surface area contributed by atoms with Gasteiger partial charge in [-0.2, -0.15) is 8.78 Å². The van der Waals surface area contributed by atoms with Crippen LogP contribution in [-0.2, 0) is 9.47 Å². The van der Waals surface area contributed by atoms with Gasteiger partial charge < -0.3 is 0 Å². The third kappa shape index (κ3) is 5.39. The van der Waals surface area contributed by atoms with Crippen molar-refractivity contribution in [2.45, 2.75) is 31.6 Å². The van der Waals surface area contributed by atoms with Crippen LogP contribution in [0, 0.1) is 0 Å². The monoisotopic (exact) mass is 266 g/mol. The molecule has 0 aliphatic carbocycles. The predicted molar refractivity (Wildman–Crippen MR) is 29.0 cm³/mol. The lowest BCUT2D eigenvalue weighted by Gasteiger charge is -2.21. The largest absolute Gasteiger partial charge is 0.525 e. The van der Waals surface area contributed by atoms with Crippen molar-refractivity contribution in [2.24, 2.45) is 0 Å². The molecule has 0 aromatic rings. The highest BCUT2D eigenvalue weighted by atomic mass is 19.4. The normalized spacial score (nSPS) is 17.6. The summed E-state index contributed by atoms with van der Waals surface area (Å²) in [4.78, 5) is 0. The summed E-state index contributed by atoms with van der Waals surface area (Å²) >= 11 is 0. The van der Waals surface area contributed by atoms with Gasteiger partial charge in [-0.15, -0.1) is 13.2 Å². The van der Waals surface area contributed by atoms with E-state index in [1.54, 1.807) is 0 Å². The summed E-state index contributed by atoms with van der Waals surface area (Å²) in [5.41, 5.74) is 0. The molecule has 0 bridgehead atoms. The van der Waals surface area contributed by atoms with Crippen LogP contribution >= 0.6 is 0 Å². The molecule has 2 unspecified atom stereocenters. The molecular weight excluding hydrogens is 263 g/mol. The molecule has 0 aliphatic rings. The van der Waals surface area contributed by atoms with Crippen molar-refractivity contribution in [3.63, 3.8) is 0 Å². The number of rotatable bonds is 5. The molecule has 2 nitrogen and oxygen atoms in total. The van der Waals surface area contributed by atoms with Crippen molar-refractivity contribution < 1.29 is 49.0 Å². The Bertz CT molecular complexity index is 214. The highest BCUT2D eigenvalue weighted by molar-refractivity contribution is 4.59. The van der Waals surface area contributed by atoms with Crippen LogP contribution < -0.4 is 0 Å². The Labute approximate surface area is 81.9 Å². The second-order valence-corrected chi connectivity index (χ2v) is 2.25. The number of ether oxygens (including phenoxy) is 2. The van der Waals surface area contributed by atoms with Gasteiger partial charge in [-0.3, -0.25) is 9.47 Å². The molecule has 0 aromatic heterocycles. The van der Waals surface area contributed by atoms with Gasteiger partial charge in [-0.1, -0.05) is 0 Å². The van der Waals surface area contributed by atoms with Crippen molar-refractivity contribution in [3.05, 3.63) is 0 Å². The molecule has 0 saturated carbocycles. The highest BCUT2D eigenvalue weighted by Crippen LogP contribution is 2.29. The Morgan fingerprint density at radius 1 is 0.688 bits per heavy atom. The molecule has 2 atom stereocenters. The standard InChI is InChI=1S/C5H3F9O2/c6-1(2(7)16-5(12,13)14)15-4(10,11)3(8)9/h1-3H. The maximum atomic E-state index is 12.1. The SMILES string of the molecule is FC(OC(F)(F)F)C(F)OC(F)(F)C(F)F. The molecule has 0 N–H and O–H groups in total. The Hall–Kier alpha value is -0.710. The zero-order chi connectivity index (χ0) is 13.1. The second-order valence-electron chi connectivity index (χ2n) is 2.25. The molecule has 11 heteroatoms. The van der Waals surface area contributed by atoms with E-state index in [2.05, 4.69) is 9.47 Å². The van der Waals surface area contributed by atoms with Crippen LogP contribution in [0.3, 0.4) is 0 Å². The number of hydrogen-bond donors (Lipinski definition) is 0. The van der Waals surface area contributed by atoms with E-state index in [-0.39, 0.29) is 0 Å². The number of hydrogen-bond acceptors (Lipinski definition) is 2. The van der Waals surface area contributed by atoms with Gasteiger partial charge in [-0.25, -0.2) is 17.6 Å². The maximum absolute atomic E-state index is 12.1. The Kier molecular flexibility index (Phi) is 4.85. The fraction of sp³-hybridized carbons (Fsp3) is 1.00. The molecule has 0 radical (unpaired) electrons. The van der Waals surface area contributed by atoms with Gasteiger partial charge >= 0.3 is 18.9 Å². The van der Waals surface area contributed by atoms with Crippen molar-refractivity contribution in [2.75, 3.05) is 0 Å². The Balaban J connectivity index is 4.31. The van der Waals surface area contributed by atoms with E-state index < -0.39 is 31.6 Å². The van der Waals surface area contributed by atoms with Crippen molar-refractivity contribution in [3.8, 4) is 0 Å². The van der Waals surface area contributed by atoms with E-state index in [0.717, 1.165) is 0 Å². The van der Waals surface area contributed by atoms with E-state index in [1.807, 2.05) is 0 Å². The van der Waals surface area contributed by atoms with Crippen LogP contribution in [0.4, 0.5) is 39.5 Å². The third-order valence-electron chi connectivity index (χ3n) is 0.976. The van der Waals surface area contributed by atoms with E-state index in [1.165, 1.54) is 0 Å². The lowest BCUT2D eigenvalue weighted by molar-refractivity contribution is -0.410. The first-order valence-electron chi connectivity index (χ1n) is 3.32. The fourth-order valence-corrected chi connectivity index (χ4v) is 0.436. The quantitative estimate of drug-likeness (QED) is 0.712. The Morgan fingerprint density at radius 2 is 1.06 bits per heavy atom. The predicted octanol–water partition coefficient (Wildman–Crippen LogP) is 2.99. The second kappa shape index (κ2) is 5.08. The smallest absolute Gasteiger partial charge is 0.275 e. The first-order valence-corrected chi connectivity index (χ1v) is 3.32. The maximum Gasteiger partial charge on any atom is 0.525 e. The van der Waals surface area contributed by atoms with Gasteiger partial charge in [0.2, 0.25) is 0 Å². The molecule has 98 valence electrons. The summed E-state index contributed by atoms with van der Waals surface area (Å²) in [7, 11) is 0. The molecule has 0 saturated heterocycles. The lowest BCUT2D eigenvalue weighted by Crippen LogP contribution is -2.39. The first kappa shape index (κ1) is 15.3. The fourth-order valence-electron chi connectivity index (χ4n) is 0.436. The van der Waals surface area contributed by atoms with E-state index in [9.17, 15) is 39.5 Å². The molecule has 0 aromatic carbocycles. The first-order chi connectivity index (χ1) is 6.96. The van der Waals surface area contributed by atoms with Crippen LogP contribution in [0.1, 0.15) is 0 Å². The van der Waals surface area contributed by atoms with E-state index in [0.29, 0.717) is 0 Å². The molecule has 16 heavy (non-hydrogen) atoms. The van der Waals surface area contributed by atoms with Gasteiger partial charge in [0.15, 0.2) is 0 Å². The summed E-state index contributed by atoms with van der Waals surface area (Å²) in [6, 6.07) is 0. The van der Waals surface area contributed by atoms with Gasteiger partial charge in [0, 0.05) is 0 Å². The minimum atomic E-state index is -5.66. The van der Waals surface area contributed by atoms with Gasteiger partial charge in [-0.05, 0) is 0 Å². The average Bonchev–Trinajstić information content (AvgIpc) is 1.99. The summed E-state index contributed by atoms with van der Waals surface area (Å²) in [5, 5.41) is 0. The summed E-state index contributed by atoms with van der Waals surface area (Å²) in [6.45, 7) is 0. The molecule has 0 rings (SSSR count). The highest BCUT2D eigenvalue weighted by Gasteiger charge is 2.48. The summed E-state index contributed by atoms with van der Waals surface area (Å²) < 4.78 is 109. The van der Waals surface area contributed by atoms with Crippen molar-refractivity contribution in [1.82, 2.24) is 0 Å². The zero-order valence-electron chi connectivity index (χ0n) is 6.95. The molecule has 0 spiro atoms. The summed E-state index contributed by atoms with van der Waals surface area (Å²) in [5.74, 6) is 0. The molecule has 0 amide bonds. The van der Waals surface area contributed by atoms with Crippen LogP contribution in [-0.4, -0.2) is 31.6 Å². The van der Waals surface area contributed by atoms with Gasteiger partial charge in [0.1, 0.15) is 0 Å². The van der Waals surface area contributed by atoms with Crippen molar-refractivity contribution in [1.29, 1.82) is 0 Å². The van der Waals surface area contributed by atoms with Crippen LogP contribution in [0.15, 0.2) is 0 Å². The van der Waals surface area contributed by atoms with E-state index >= 15 is 0 Å².